The molecule has 0 bridgehead atoms. The topological polar surface area (TPSA) is 46.2 Å². The molecule has 0 amide bonds. The fourth-order valence-corrected chi connectivity index (χ4v) is 3.12. The van der Waals surface area contributed by atoms with E-state index < -0.39 is 9.84 Å². The van der Waals surface area contributed by atoms with Gasteiger partial charge in [-0.1, -0.05) is 19.1 Å². The van der Waals surface area contributed by atoms with Crippen LogP contribution in [0.2, 0.25) is 0 Å². The van der Waals surface area contributed by atoms with Gasteiger partial charge >= 0.3 is 0 Å². The third kappa shape index (κ3) is 3.12. The minimum absolute atomic E-state index is 0.274. The molecule has 0 spiro atoms. The summed E-state index contributed by atoms with van der Waals surface area (Å²) in [6.07, 6.45) is 3.72. The smallest absolute Gasteiger partial charge is 0.175 e. The van der Waals surface area contributed by atoms with Crippen molar-refractivity contribution in [3.05, 3.63) is 29.8 Å². The van der Waals surface area contributed by atoms with Gasteiger partial charge in [0.15, 0.2) is 9.84 Å². The molecule has 18 heavy (non-hydrogen) atoms. The summed E-state index contributed by atoms with van der Waals surface area (Å²) in [5.74, 6) is 0.835. The Morgan fingerprint density at radius 3 is 2.22 bits per heavy atom. The lowest BCUT2D eigenvalue weighted by Gasteiger charge is -2.35. The number of sulfone groups is 1. The first-order valence-electron chi connectivity index (χ1n) is 6.42. The van der Waals surface area contributed by atoms with Gasteiger partial charge in [-0.15, -0.1) is 0 Å². The summed E-state index contributed by atoms with van der Waals surface area (Å²) in [5, 5.41) is 3.57. The SMILES string of the molecule is CC1CC(NC(C)c2ccc(S(C)(=O)=O)cc2)C1. The van der Waals surface area contributed by atoms with Gasteiger partial charge in [-0.3, -0.25) is 0 Å². The molecule has 3 nitrogen and oxygen atoms in total. The maximum Gasteiger partial charge on any atom is 0.175 e. The molecule has 1 saturated carbocycles. The molecule has 0 saturated heterocycles. The van der Waals surface area contributed by atoms with E-state index in [9.17, 15) is 8.42 Å². The van der Waals surface area contributed by atoms with E-state index in [-0.39, 0.29) is 6.04 Å². The van der Waals surface area contributed by atoms with Crippen LogP contribution in [0, 0.1) is 5.92 Å². The molecule has 1 N–H and O–H groups in total. The fraction of sp³-hybridized carbons (Fsp3) is 0.571. The Balaban J connectivity index is 2.01. The third-order valence-electron chi connectivity index (χ3n) is 3.67. The van der Waals surface area contributed by atoms with E-state index in [4.69, 9.17) is 0 Å². The van der Waals surface area contributed by atoms with Gasteiger partial charge in [0.25, 0.3) is 0 Å². The molecule has 2 rings (SSSR count). The maximum atomic E-state index is 11.4. The molecule has 4 heteroatoms. The van der Waals surface area contributed by atoms with Crippen LogP contribution in [0.5, 0.6) is 0 Å². The van der Waals surface area contributed by atoms with Crippen molar-refractivity contribution in [1.29, 1.82) is 0 Å². The minimum atomic E-state index is -3.09. The lowest BCUT2D eigenvalue weighted by Crippen LogP contribution is -2.41. The Morgan fingerprint density at radius 2 is 1.78 bits per heavy atom. The molecule has 1 aromatic rings. The van der Waals surface area contributed by atoms with Gasteiger partial charge in [-0.2, -0.15) is 0 Å². The molecule has 1 aliphatic carbocycles. The number of benzene rings is 1. The van der Waals surface area contributed by atoms with Gasteiger partial charge in [0.1, 0.15) is 0 Å². The minimum Gasteiger partial charge on any atom is -0.307 e. The van der Waals surface area contributed by atoms with Crippen molar-refractivity contribution in [2.24, 2.45) is 5.92 Å². The zero-order valence-electron chi connectivity index (χ0n) is 11.2. The second-order valence-corrected chi connectivity index (χ2v) is 7.52. The van der Waals surface area contributed by atoms with Crippen molar-refractivity contribution < 1.29 is 8.42 Å². The molecular weight excluding hydrogens is 246 g/mol. The molecule has 1 fully saturated rings. The van der Waals surface area contributed by atoms with Crippen molar-refractivity contribution >= 4 is 9.84 Å². The third-order valence-corrected chi connectivity index (χ3v) is 4.80. The Labute approximate surface area is 110 Å². The molecule has 1 unspecified atom stereocenters. The van der Waals surface area contributed by atoms with Gasteiger partial charge in [0, 0.05) is 18.3 Å². The van der Waals surface area contributed by atoms with Crippen LogP contribution in [0.3, 0.4) is 0 Å². The van der Waals surface area contributed by atoms with Crippen LogP contribution in [-0.2, 0) is 9.84 Å². The highest BCUT2D eigenvalue weighted by molar-refractivity contribution is 7.90. The summed E-state index contributed by atoms with van der Waals surface area (Å²) in [6.45, 7) is 4.39. The van der Waals surface area contributed by atoms with Crippen LogP contribution in [0.25, 0.3) is 0 Å². The molecular formula is C14H21NO2S. The van der Waals surface area contributed by atoms with Crippen molar-refractivity contribution in [3.63, 3.8) is 0 Å². The first-order valence-corrected chi connectivity index (χ1v) is 8.31. The maximum absolute atomic E-state index is 11.4. The second kappa shape index (κ2) is 5.02. The van der Waals surface area contributed by atoms with Crippen LogP contribution in [-0.4, -0.2) is 20.7 Å². The van der Waals surface area contributed by atoms with Gasteiger partial charge in [0.2, 0.25) is 0 Å². The zero-order chi connectivity index (χ0) is 13.3. The summed E-state index contributed by atoms with van der Waals surface area (Å²) >= 11 is 0. The van der Waals surface area contributed by atoms with Gasteiger partial charge < -0.3 is 5.32 Å². The lowest BCUT2D eigenvalue weighted by molar-refractivity contribution is 0.226. The van der Waals surface area contributed by atoms with Crippen LogP contribution < -0.4 is 5.32 Å². The standard InChI is InChI=1S/C14H21NO2S/c1-10-8-13(9-10)15-11(2)12-4-6-14(7-5-12)18(3,16)17/h4-7,10-11,13,15H,8-9H2,1-3H3. The highest BCUT2D eigenvalue weighted by atomic mass is 32.2. The van der Waals surface area contributed by atoms with Gasteiger partial charge in [-0.05, 0) is 43.4 Å². The second-order valence-electron chi connectivity index (χ2n) is 5.50. The molecule has 0 aromatic heterocycles. The summed E-state index contributed by atoms with van der Waals surface area (Å²) < 4.78 is 22.7. The molecule has 1 aliphatic rings. The van der Waals surface area contributed by atoms with E-state index >= 15 is 0 Å². The predicted octanol–water partition coefficient (Wildman–Crippen LogP) is 2.54. The van der Waals surface area contributed by atoms with E-state index in [1.807, 2.05) is 12.1 Å². The van der Waals surface area contributed by atoms with Crippen molar-refractivity contribution in [3.8, 4) is 0 Å². The monoisotopic (exact) mass is 267 g/mol. The first-order chi connectivity index (χ1) is 8.36. The Hall–Kier alpha value is -0.870. The number of rotatable bonds is 4. The zero-order valence-corrected chi connectivity index (χ0v) is 12.0. The van der Waals surface area contributed by atoms with E-state index in [1.54, 1.807) is 12.1 Å². The number of nitrogens with one attached hydrogen (secondary N) is 1. The highest BCUT2D eigenvalue weighted by Gasteiger charge is 2.26. The summed E-state index contributed by atoms with van der Waals surface area (Å²) in [7, 11) is -3.09. The Bertz CT molecular complexity index is 501. The highest BCUT2D eigenvalue weighted by Crippen LogP contribution is 2.28. The van der Waals surface area contributed by atoms with Gasteiger partial charge in [-0.25, -0.2) is 8.42 Å². The van der Waals surface area contributed by atoms with Crippen LogP contribution >= 0.6 is 0 Å². The summed E-state index contributed by atoms with van der Waals surface area (Å²) in [6, 6.07) is 8.06. The van der Waals surface area contributed by atoms with E-state index in [0.29, 0.717) is 10.9 Å². The first kappa shape index (κ1) is 13.6. The fourth-order valence-electron chi connectivity index (χ4n) is 2.49. The lowest BCUT2D eigenvalue weighted by atomic mass is 9.81. The Morgan fingerprint density at radius 1 is 1.22 bits per heavy atom. The molecule has 0 heterocycles. The van der Waals surface area contributed by atoms with E-state index in [0.717, 1.165) is 11.5 Å². The summed E-state index contributed by atoms with van der Waals surface area (Å²) in [5.41, 5.74) is 1.14. The van der Waals surface area contributed by atoms with Crippen LogP contribution in [0.15, 0.2) is 29.2 Å². The summed E-state index contributed by atoms with van der Waals surface area (Å²) in [4.78, 5) is 0.385. The molecule has 0 aliphatic heterocycles. The van der Waals surface area contributed by atoms with E-state index in [1.165, 1.54) is 19.1 Å². The number of hydrogen-bond donors (Lipinski definition) is 1. The average Bonchev–Trinajstić information content (AvgIpc) is 2.26. The Kier molecular flexibility index (Phi) is 3.78. The van der Waals surface area contributed by atoms with Crippen molar-refractivity contribution in [2.75, 3.05) is 6.26 Å². The largest absolute Gasteiger partial charge is 0.307 e. The van der Waals surface area contributed by atoms with Crippen molar-refractivity contribution in [1.82, 2.24) is 5.32 Å². The molecule has 0 radical (unpaired) electrons. The normalized spacial score (nSPS) is 25.5. The number of hydrogen-bond acceptors (Lipinski definition) is 3. The molecule has 1 atom stereocenters. The van der Waals surface area contributed by atoms with Gasteiger partial charge in [0.05, 0.1) is 4.90 Å². The quantitative estimate of drug-likeness (QED) is 0.912. The van der Waals surface area contributed by atoms with E-state index in [2.05, 4.69) is 19.2 Å². The van der Waals surface area contributed by atoms with Crippen LogP contribution in [0.4, 0.5) is 0 Å². The molecule has 1 aromatic carbocycles. The predicted molar refractivity (Wildman–Crippen MR) is 73.3 cm³/mol. The van der Waals surface area contributed by atoms with Crippen molar-refractivity contribution in [2.45, 2.75) is 43.7 Å². The van der Waals surface area contributed by atoms with Crippen LogP contribution in [0.1, 0.15) is 38.3 Å². The molecule has 100 valence electrons. The average molecular weight is 267 g/mol.